The molecule has 2 fully saturated rings. The van der Waals surface area contributed by atoms with Crippen LogP contribution < -0.4 is 5.32 Å². The number of amidine groups is 1. The number of piperidine rings is 1. The number of amides is 1. The van der Waals surface area contributed by atoms with E-state index in [-0.39, 0.29) is 16.7 Å². The number of carbonyl (C=O) groups is 1. The Morgan fingerprint density at radius 2 is 1.76 bits per heavy atom. The summed E-state index contributed by atoms with van der Waals surface area (Å²) in [5, 5.41) is 3.18. The molecule has 4 rings (SSSR count). The largest absolute Gasteiger partial charge is 0.355 e. The molecule has 1 aromatic carbocycles. The summed E-state index contributed by atoms with van der Waals surface area (Å²) in [5.74, 6) is 0.712. The molecule has 0 unspecified atom stereocenters. The van der Waals surface area contributed by atoms with Crippen LogP contribution in [0.2, 0.25) is 0 Å². The van der Waals surface area contributed by atoms with E-state index >= 15 is 0 Å². The summed E-state index contributed by atoms with van der Waals surface area (Å²) < 4.78 is 28.4. The van der Waals surface area contributed by atoms with Crippen molar-refractivity contribution < 1.29 is 13.2 Å². The molecule has 0 bridgehead atoms. The number of fused-ring (bicyclic) bond motifs is 1. The van der Waals surface area contributed by atoms with Crippen LogP contribution in [-0.4, -0.2) is 44.2 Å². The van der Waals surface area contributed by atoms with Gasteiger partial charge in [0.2, 0.25) is 5.91 Å². The van der Waals surface area contributed by atoms with Crippen molar-refractivity contribution in [1.82, 2.24) is 10.2 Å². The lowest BCUT2D eigenvalue weighted by Gasteiger charge is -2.33. The Hall–Kier alpha value is -1.89. The van der Waals surface area contributed by atoms with Gasteiger partial charge in [0.25, 0.3) is 10.0 Å². The first-order valence-electron chi connectivity index (χ1n) is 9.04. The predicted octanol–water partition coefficient (Wildman–Crippen LogP) is 1.91. The molecule has 0 atom stereocenters. The monoisotopic (exact) mass is 361 g/mol. The van der Waals surface area contributed by atoms with Gasteiger partial charge in [0.1, 0.15) is 4.90 Å². The van der Waals surface area contributed by atoms with E-state index in [4.69, 9.17) is 0 Å². The smallest absolute Gasteiger partial charge is 0.285 e. The van der Waals surface area contributed by atoms with Crippen molar-refractivity contribution in [2.75, 3.05) is 13.1 Å². The molecule has 3 aliphatic rings. The fourth-order valence-electron chi connectivity index (χ4n) is 4.06. The molecule has 0 radical (unpaired) electrons. The zero-order valence-electron chi connectivity index (χ0n) is 14.1. The fraction of sp³-hybridized carbons (Fsp3) is 0.556. The zero-order valence-corrected chi connectivity index (χ0v) is 15.0. The van der Waals surface area contributed by atoms with Crippen LogP contribution in [-0.2, 0) is 14.8 Å². The van der Waals surface area contributed by atoms with E-state index < -0.39 is 10.0 Å². The molecule has 1 amide bonds. The van der Waals surface area contributed by atoms with Gasteiger partial charge in [0.15, 0.2) is 5.84 Å². The third-order valence-corrected chi connectivity index (χ3v) is 6.80. The van der Waals surface area contributed by atoms with Gasteiger partial charge in [-0.3, -0.25) is 4.79 Å². The summed E-state index contributed by atoms with van der Waals surface area (Å²) in [4.78, 5) is 14.7. The Balaban J connectivity index is 1.42. The van der Waals surface area contributed by atoms with Crippen molar-refractivity contribution in [2.24, 2.45) is 10.3 Å². The highest BCUT2D eigenvalue weighted by atomic mass is 32.2. The fourth-order valence-corrected chi connectivity index (χ4v) is 5.29. The Morgan fingerprint density at radius 3 is 2.48 bits per heavy atom. The lowest BCUT2D eigenvalue weighted by molar-refractivity contribution is -0.126. The molecular weight excluding hydrogens is 338 g/mol. The molecule has 7 heteroatoms. The average Bonchev–Trinajstić information content (AvgIpc) is 3.22. The Kier molecular flexibility index (Phi) is 4.27. The van der Waals surface area contributed by atoms with Gasteiger partial charge in [-0.2, -0.15) is 8.42 Å². The van der Waals surface area contributed by atoms with Crippen molar-refractivity contribution in [3.05, 3.63) is 29.8 Å². The van der Waals surface area contributed by atoms with Gasteiger partial charge >= 0.3 is 0 Å². The second kappa shape index (κ2) is 6.44. The van der Waals surface area contributed by atoms with Gasteiger partial charge in [-0.1, -0.05) is 25.0 Å². The number of hydrogen-bond donors (Lipinski definition) is 1. The lowest BCUT2D eigenvalue weighted by atomic mass is 9.95. The van der Waals surface area contributed by atoms with E-state index in [1.807, 2.05) is 11.0 Å². The number of benzene rings is 1. The number of rotatable bonds is 2. The number of carbonyl (C=O) groups excluding carboxylic acids is 1. The summed E-state index contributed by atoms with van der Waals surface area (Å²) in [5.41, 5.74) is 0.677. The molecule has 1 saturated carbocycles. The molecule has 1 N–H and O–H groups in total. The molecule has 134 valence electrons. The molecule has 2 heterocycles. The van der Waals surface area contributed by atoms with Gasteiger partial charge in [0.05, 0.1) is 0 Å². The number of nitrogens with one attached hydrogen (secondary N) is 1. The van der Waals surface area contributed by atoms with Crippen LogP contribution in [0.15, 0.2) is 33.6 Å². The van der Waals surface area contributed by atoms with Crippen molar-refractivity contribution >= 4 is 21.8 Å². The van der Waals surface area contributed by atoms with E-state index in [2.05, 4.69) is 9.71 Å². The molecule has 0 aromatic heterocycles. The van der Waals surface area contributed by atoms with Crippen molar-refractivity contribution in [2.45, 2.75) is 49.5 Å². The normalized spacial score (nSPS) is 23.4. The number of nitrogens with zero attached hydrogens (tertiary/aromatic N) is 2. The van der Waals surface area contributed by atoms with E-state index in [9.17, 15) is 13.2 Å². The second-order valence-electron chi connectivity index (χ2n) is 7.14. The van der Waals surface area contributed by atoms with Gasteiger partial charge in [-0.05, 0) is 37.8 Å². The summed E-state index contributed by atoms with van der Waals surface area (Å²) >= 11 is 0. The summed E-state index contributed by atoms with van der Waals surface area (Å²) in [6, 6.07) is 7.30. The molecule has 1 aliphatic carbocycles. The Bertz CT molecular complexity index is 805. The van der Waals surface area contributed by atoms with Crippen LogP contribution in [0.4, 0.5) is 0 Å². The van der Waals surface area contributed by atoms with Gasteiger partial charge in [0, 0.05) is 30.6 Å². The number of hydrogen-bond acceptors (Lipinski definition) is 4. The third kappa shape index (κ3) is 3.17. The van der Waals surface area contributed by atoms with Gasteiger partial charge < -0.3 is 10.2 Å². The minimum absolute atomic E-state index is 0.0192. The predicted molar refractivity (Wildman–Crippen MR) is 94.9 cm³/mol. The summed E-state index contributed by atoms with van der Waals surface area (Å²) in [6.45, 7) is 1.32. The summed E-state index contributed by atoms with van der Waals surface area (Å²) in [7, 11) is -3.58. The Labute approximate surface area is 148 Å². The minimum atomic E-state index is -3.58. The third-order valence-electron chi connectivity index (χ3n) is 5.48. The number of likely N-dealkylation sites (tertiary alicyclic amines) is 1. The maximum Gasteiger partial charge on any atom is 0.285 e. The van der Waals surface area contributed by atoms with Crippen LogP contribution >= 0.6 is 0 Å². The highest BCUT2D eigenvalue weighted by Gasteiger charge is 2.34. The van der Waals surface area contributed by atoms with Crippen LogP contribution in [0.25, 0.3) is 0 Å². The van der Waals surface area contributed by atoms with Crippen LogP contribution in [0.5, 0.6) is 0 Å². The maximum atomic E-state index is 12.4. The van der Waals surface area contributed by atoms with E-state index in [1.54, 1.807) is 18.2 Å². The van der Waals surface area contributed by atoms with E-state index in [1.165, 1.54) is 12.8 Å². The molecule has 0 spiro atoms. The first-order chi connectivity index (χ1) is 12.0. The van der Waals surface area contributed by atoms with Gasteiger partial charge in [-0.15, -0.1) is 4.40 Å². The van der Waals surface area contributed by atoms with Crippen LogP contribution in [0, 0.1) is 5.92 Å². The molecule has 6 nitrogen and oxygen atoms in total. The maximum absolute atomic E-state index is 12.4. The average molecular weight is 361 g/mol. The van der Waals surface area contributed by atoms with Crippen LogP contribution in [0.1, 0.15) is 44.1 Å². The first kappa shape index (κ1) is 16.6. The van der Waals surface area contributed by atoms with Crippen LogP contribution in [0.3, 0.4) is 0 Å². The van der Waals surface area contributed by atoms with Crippen molar-refractivity contribution in [1.29, 1.82) is 0 Å². The van der Waals surface area contributed by atoms with Crippen molar-refractivity contribution in [3.63, 3.8) is 0 Å². The SMILES string of the molecule is O=C(NC1CCCC1)C1CCN(C2=NS(=O)(=O)c3ccccc32)CC1. The lowest BCUT2D eigenvalue weighted by Crippen LogP contribution is -2.44. The molecule has 2 aliphatic heterocycles. The first-order valence-corrected chi connectivity index (χ1v) is 10.5. The quantitative estimate of drug-likeness (QED) is 0.873. The van der Waals surface area contributed by atoms with Gasteiger partial charge in [-0.25, -0.2) is 0 Å². The molecular formula is C18H23N3O3S. The highest BCUT2D eigenvalue weighted by Crippen LogP contribution is 2.30. The Morgan fingerprint density at radius 1 is 1.08 bits per heavy atom. The second-order valence-corrected chi connectivity index (χ2v) is 8.71. The zero-order chi connectivity index (χ0) is 17.4. The topological polar surface area (TPSA) is 78.8 Å². The standard InChI is InChI=1S/C18H23N3O3S/c22-18(19-14-5-1-2-6-14)13-9-11-21(12-10-13)17-15-7-3-4-8-16(15)25(23,24)20-17/h3-4,7-8,13-14H,1-2,5-6,9-12H2,(H,19,22). The van der Waals surface area contributed by atoms with Crippen molar-refractivity contribution in [3.8, 4) is 0 Å². The van der Waals surface area contributed by atoms with E-state index in [0.29, 0.717) is 30.5 Å². The minimum Gasteiger partial charge on any atom is -0.355 e. The molecule has 1 aromatic rings. The van der Waals surface area contributed by atoms with E-state index in [0.717, 1.165) is 25.7 Å². The highest BCUT2D eigenvalue weighted by molar-refractivity contribution is 7.90. The molecule has 25 heavy (non-hydrogen) atoms. The number of sulfonamides is 1. The summed E-state index contributed by atoms with van der Waals surface area (Å²) in [6.07, 6.45) is 6.07. The molecule has 1 saturated heterocycles.